The number of nitrogens with zero attached hydrogens (tertiary/aromatic N) is 6. The van der Waals surface area contributed by atoms with Gasteiger partial charge in [-0.05, 0) is 40.4 Å². The van der Waals surface area contributed by atoms with Gasteiger partial charge in [-0.25, -0.2) is 9.48 Å². The summed E-state index contributed by atoms with van der Waals surface area (Å²) in [7, 11) is 1.60. The van der Waals surface area contributed by atoms with E-state index >= 15 is 0 Å². The largest absolute Gasteiger partial charge is 0.452 e. The van der Waals surface area contributed by atoms with E-state index in [1.807, 2.05) is 6.07 Å². The number of hydrogen-bond donors (Lipinski definition) is 1. The quantitative estimate of drug-likeness (QED) is 0.205. The molecule has 0 atom stereocenters. The van der Waals surface area contributed by atoms with Crippen LogP contribution in [-0.2, 0) is 16.6 Å². The highest BCUT2D eigenvalue weighted by Crippen LogP contribution is 2.31. The van der Waals surface area contributed by atoms with Gasteiger partial charge in [-0.2, -0.15) is 5.26 Å². The van der Waals surface area contributed by atoms with E-state index in [1.165, 1.54) is 28.6 Å². The summed E-state index contributed by atoms with van der Waals surface area (Å²) in [5.41, 5.74) is 0.0606. The normalized spacial score (nSPS) is 10.3. The van der Waals surface area contributed by atoms with Crippen molar-refractivity contribution in [2.45, 2.75) is 14.9 Å². The molecular weight excluding hydrogens is 470 g/mol. The first-order valence-electron chi connectivity index (χ1n) is 9.13. The Morgan fingerprint density at radius 2 is 2.06 bits per heavy atom. The summed E-state index contributed by atoms with van der Waals surface area (Å²) in [6.07, 6.45) is 0. The van der Waals surface area contributed by atoms with Crippen molar-refractivity contribution in [1.82, 2.24) is 20.2 Å². The molecule has 0 unspecified atom stereocenters. The van der Waals surface area contributed by atoms with Crippen molar-refractivity contribution in [3.05, 3.63) is 58.1 Å². The van der Waals surface area contributed by atoms with E-state index in [-0.39, 0.29) is 17.0 Å². The number of aromatic nitrogens is 4. The molecule has 12 nitrogen and oxygen atoms in total. The van der Waals surface area contributed by atoms with E-state index in [0.717, 1.165) is 17.8 Å². The number of carbonyl (C=O) groups excluding carboxylic acids is 2. The lowest BCUT2D eigenvalue weighted by atomic mass is 10.2. The molecule has 33 heavy (non-hydrogen) atoms. The number of anilines is 1. The maximum atomic E-state index is 12.7. The van der Waals surface area contributed by atoms with Gasteiger partial charge in [0.05, 0.1) is 28.0 Å². The number of ether oxygens (including phenoxy) is 1. The first-order chi connectivity index (χ1) is 15.9. The molecule has 0 bridgehead atoms. The Kier molecular flexibility index (Phi) is 7.95. The number of non-ortho nitro benzene ring substituents is 1. The number of benzene rings is 2. The van der Waals surface area contributed by atoms with E-state index in [1.54, 1.807) is 31.3 Å². The smallest absolute Gasteiger partial charge is 0.340 e. The minimum Gasteiger partial charge on any atom is -0.452 e. The van der Waals surface area contributed by atoms with Crippen LogP contribution >= 0.6 is 23.5 Å². The molecule has 1 aromatic heterocycles. The highest BCUT2D eigenvalue weighted by atomic mass is 32.2. The highest BCUT2D eigenvalue weighted by molar-refractivity contribution is 7.99. The van der Waals surface area contributed by atoms with Crippen molar-refractivity contribution >= 4 is 46.8 Å². The summed E-state index contributed by atoms with van der Waals surface area (Å²) in [6.45, 7) is -0.617. The predicted octanol–water partition coefficient (Wildman–Crippen LogP) is 2.68. The minimum atomic E-state index is -0.918. The lowest BCUT2D eigenvalue weighted by Crippen LogP contribution is -2.21. The van der Waals surface area contributed by atoms with Gasteiger partial charge in [-0.15, -0.1) is 16.9 Å². The second-order valence-corrected chi connectivity index (χ2v) is 8.22. The van der Waals surface area contributed by atoms with Gasteiger partial charge in [-0.1, -0.05) is 12.1 Å². The number of carbonyl (C=O) groups is 2. The zero-order chi connectivity index (χ0) is 23.8. The minimum absolute atomic E-state index is 0.102. The van der Waals surface area contributed by atoms with Crippen LogP contribution in [-0.4, -0.2) is 49.4 Å². The van der Waals surface area contributed by atoms with Crippen LogP contribution in [0.15, 0.2) is 57.4 Å². The van der Waals surface area contributed by atoms with Crippen molar-refractivity contribution in [1.29, 1.82) is 5.26 Å². The number of para-hydroxylation sites is 1. The van der Waals surface area contributed by atoms with Crippen LogP contribution < -0.4 is 5.32 Å². The Labute approximate surface area is 195 Å². The summed E-state index contributed by atoms with van der Waals surface area (Å²) in [6, 6.07) is 12.6. The number of nitro groups is 1. The third-order valence-corrected chi connectivity index (χ3v) is 6.01. The number of nitriles is 1. The molecule has 1 N–H and O–H groups in total. The molecular formula is C19H15N7O5S2. The Bertz CT molecular complexity index is 1240. The van der Waals surface area contributed by atoms with Crippen LogP contribution in [0.25, 0.3) is 0 Å². The van der Waals surface area contributed by atoms with Gasteiger partial charge in [0.25, 0.3) is 11.6 Å². The molecule has 1 amide bonds. The zero-order valence-corrected chi connectivity index (χ0v) is 18.6. The molecule has 1 heterocycles. The number of hydrogen-bond acceptors (Lipinski definition) is 11. The SMILES string of the molecule is Cn1nnnc1Sc1ccc([N+](=O)[O-])cc1C(=O)OCC(=O)Nc1ccccc1SCC#N. The standard InChI is InChI=1S/C19H15N7O5S2/c1-25-19(22-23-24-25)33-15-7-6-12(26(29)30)10-13(15)18(28)31-11-17(27)21-14-4-2-3-5-16(14)32-9-8-20/h2-7,10H,9,11H2,1H3,(H,21,27). The second kappa shape index (κ2) is 11.1. The molecule has 0 spiro atoms. The first kappa shape index (κ1) is 23.7. The van der Waals surface area contributed by atoms with Crippen molar-refractivity contribution in [3.63, 3.8) is 0 Å². The average molecular weight is 486 g/mol. The number of nitro benzene ring substituents is 1. The van der Waals surface area contributed by atoms with Gasteiger partial charge < -0.3 is 10.1 Å². The molecule has 0 aliphatic heterocycles. The van der Waals surface area contributed by atoms with Crippen LogP contribution in [0, 0.1) is 21.4 Å². The van der Waals surface area contributed by atoms with Gasteiger partial charge in [0, 0.05) is 29.0 Å². The summed E-state index contributed by atoms with van der Waals surface area (Å²) in [5.74, 6) is -1.32. The Hall–Kier alpha value is -3.96. The molecule has 0 saturated heterocycles. The molecule has 168 valence electrons. The second-order valence-electron chi connectivity index (χ2n) is 6.19. The fourth-order valence-electron chi connectivity index (χ4n) is 2.49. The molecule has 3 aromatic rings. The zero-order valence-electron chi connectivity index (χ0n) is 17.0. The average Bonchev–Trinajstić information content (AvgIpc) is 3.21. The van der Waals surface area contributed by atoms with E-state index in [0.29, 0.717) is 20.6 Å². The molecule has 3 rings (SSSR count). The number of thioether (sulfide) groups is 1. The van der Waals surface area contributed by atoms with Crippen LogP contribution in [0.1, 0.15) is 10.4 Å². The maximum Gasteiger partial charge on any atom is 0.340 e. The van der Waals surface area contributed by atoms with E-state index in [2.05, 4.69) is 20.8 Å². The third kappa shape index (κ3) is 6.28. The number of aryl methyl sites for hydroxylation is 1. The van der Waals surface area contributed by atoms with Crippen LogP contribution in [0.4, 0.5) is 11.4 Å². The van der Waals surface area contributed by atoms with Crippen molar-refractivity contribution in [3.8, 4) is 6.07 Å². The maximum absolute atomic E-state index is 12.7. The van der Waals surface area contributed by atoms with Gasteiger partial charge in [-0.3, -0.25) is 14.9 Å². The molecule has 0 aliphatic carbocycles. The van der Waals surface area contributed by atoms with E-state index in [9.17, 15) is 19.7 Å². The van der Waals surface area contributed by atoms with Gasteiger partial charge in [0.1, 0.15) is 0 Å². The number of amides is 1. The van der Waals surface area contributed by atoms with Crippen LogP contribution in [0.2, 0.25) is 0 Å². The lowest BCUT2D eigenvalue weighted by molar-refractivity contribution is -0.384. The van der Waals surface area contributed by atoms with Gasteiger partial charge in [0.15, 0.2) is 6.61 Å². The van der Waals surface area contributed by atoms with Crippen molar-refractivity contribution < 1.29 is 19.2 Å². The summed E-state index contributed by atoms with van der Waals surface area (Å²) in [5, 5.41) is 33.9. The van der Waals surface area contributed by atoms with Crippen molar-refractivity contribution in [2.24, 2.45) is 7.05 Å². The number of rotatable bonds is 9. The molecule has 14 heteroatoms. The lowest BCUT2D eigenvalue weighted by Gasteiger charge is -2.11. The van der Waals surface area contributed by atoms with Crippen molar-refractivity contribution in [2.75, 3.05) is 17.7 Å². The number of tetrazole rings is 1. The molecule has 0 aliphatic rings. The Morgan fingerprint density at radius 3 is 2.76 bits per heavy atom. The number of esters is 1. The fourth-order valence-corrected chi connectivity index (χ4v) is 3.99. The number of nitrogens with one attached hydrogen (secondary N) is 1. The molecule has 0 radical (unpaired) electrons. The molecule has 2 aromatic carbocycles. The first-order valence-corrected chi connectivity index (χ1v) is 10.9. The fraction of sp³-hybridized carbons (Fsp3) is 0.158. The Balaban J connectivity index is 1.72. The molecule has 0 fully saturated rings. The monoisotopic (exact) mass is 485 g/mol. The summed E-state index contributed by atoms with van der Waals surface area (Å²) >= 11 is 2.27. The van der Waals surface area contributed by atoms with E-state index in [4.69, 9.17) is 10.00 Å². The third-order valence-electron chi connectivity index (χ3n) is 3.96. The molecule has 0 saturated carbocycles. The van der Waals surface area contributed by atoms with Crippen LogP contribution in [0.5, 0.6) is 0 Å². The van der Waals surface area contributed by atoms with Crippen LogP contribution in [0.3, 0.4) is 0 Å². The topological polar surface area (TPSA) is 166 Å². The summed E-state index contributed by atoms with van der Waals surface area (Å²) in [4.78, 5) is 36.5. The van der Waals surface area contributed by atoms with E-state index < -0.39 is 23.4 Å². The van der Waals surface area contributed by atoms with Gasteiger partial charge >= 0.3 is 5.97 Å². The predicted molar refractivity (Wildman–Crippen MR) is 118 cm³/mol. The van der Waals surface area contributed by atoms with Gasteiger partial charge in [0.2, 0.25) is 5.16 Å². The summed E-state index contributed by atoms with van der Waals surface area (Å²) < 4.78 is 6.47. The highest BCUT2D eigenvalue weighted by Gasteiger charge is 2.21. The Morgan fingerprint density at radius 1 is 1.27 bits per heavy atom.